The van der Waals surface area contributed by atoms with Gasteiger partial charge in [-0.25, -0.2) is 0 Å². The quantitative estimate of drug-likeness (QED) is 0.489. The molecule has 0 aliphatic carbocycles. The average molecular weight is 248 g/mol. The Balaban J connectivity index is 3.70. The molecule has 1 atom stereocenters. The molecule has 6 heteroatoms. The molecule has 2 N–H and O–H groups in total. The first-order chi connectivity index (χ1) is 8.13. The van der Waals surface area contributed by atoms with Crippen molar-refractivity contribution < 1.29 is 19.4 Å². The van der Waals surface area contributed by atoms with Gasteiger partial charge in [0.25, 0.3) is 0 Å². The maximum Gasteiger partial charge on any atom is 0.237 e. The van der Waals surface area contributed by atoms with Crippen molar-refractivity contribution in [1.29, 1.82) is 0 Å². The number of methoxy groups -OCH3 is 1. The monoisotopic (exact) mass is 248 g/mol. The summed E-state index contributed by atoms with van der Waals surface area (Å²) in [5, 5.41) is 11.3. The number of hydrogen-bond acceptors (Lipinski definition) is 5. The Bertz CT molecular complexity index is 202. The topological polar surface area (TPSA) is 71.0 Å². The van der Waals surface area contributed by atoms with Crippen LogP contribution in [0.25, 0.3) is 0 Å². The predicted molar refractivity (Wildman–Crippen MR) is 64.9 cm³/mol. The molecule has 0 heterocycles. The number of ether oxygens (including phenoxy) is 2. The summed E-state index contributed by atoms with van der Waals surface area (Å²) in [7, 11) is 3.46. The third-order valence-electron chi connectivity index (χ3n) is 2.47. The molecule has 0 aromatic heterocycles. The van der Waals surface area contributed by atoms with Crippen molar-refractivity contribution in [3.8, 4) is 0 Å². The van der Waals surface area contributed by atoms with E-state index in [2.05, 4.69) is 5.32 Å². The van der Waals surface area contributed by atoms with E-state index in [9.17, 15) is 4.79 Å². The molecule has 0 rings (SSSR count). The fourth-order valence-corrected chi connectivity index (χ4v) is 1.19. The summed E-state index contributed by atoms with van der Waals surface area (Å²) < 4.78 is 9.99. The second-order valence-corrected chi connectivity index (χ2v) is 3.78. The second-order valence-electron chi connectivity index (χ2n) is 3.78. The van der Waals surface area contributed by atoms with Gasteiger partial charge in [0.1, 0.15) is 0 Å². The molecule has 6 nitrogen and oxygen atoms in total. The molecule has 1 amide bonds. The van der Waals surface area contributed by atoms with Gasteiger partial charge in [-0.15, -0.1) is 0 Å². The molecule has 0 aromatic carbocycles. The molecule has 0 saturated carbocycles. The molecule has 0 aromatic rings. The van der Waals surface area contributed by atoms with Gasteiger partial charge in [0.15, 0.2) is 0 Å². The number of nitrogens with one attached hydrogen (secondary N) is 1. The number of carbonyl (C=O) groups excluding carboxylic acids is 1. The third kappa shape index (κ3) is 8.09. The van der Waals surface area contributed by atoms with Crippen molar-refractivity contribution in [2.75, 3.05) is 53.7 Å². The molecule has 0 spiro atoms. The summed E-state index contributed by atoms with van der Waals surface area (Å²) in [5.74, 6) is -0.0216. The van der Waals surface area contributed by atoms with E-state index in [0.29, 0.717) is 32.9 Å². The van der Waals surface area contributed by atoms with Crippen LogP contribution in [0.3, 0.4) is 0 Å². The first-order valence-electron chi connectivity index (χ1n) is 5.79. The van der Waals surface area contributed by atoms with Crippen LogP contribution in [0, 0.1) is 0 Å². The lowest BCUT2D eigenvalue weighted by molar-refractivity contribution is -0.125. The van der Waals surface area contributed by atoms with Gasteiger partial charge < -0.3 is 19.9 Å². The van der Waals surface area contributed by atoms with E-state index in [1.165, 1.54) is 0 Å². The molecule has 0 fully saturated rings. The molecule has 17 heavy (non-hydrogen) atoms. The fraction of sp³-hybridized carbons (Fsp3) is 0.909. The van der Waals surface area contributed by atoms with Crippen LogP contribution < -0.4 is 5.32 Å². The van der Waals surface area contributed by atoms with E-state index < -0.39 is 0 Å². The Hall–Kier alpha value is -0.690. The second kappa shape index (κ2) is 10.5. The minimum absolute atomic E-state index is 0.0216. The van der Waals surface area contributed by atoms with E-state index >= 15 is 0 Å². The number of rotatable bonds is 10. The van der Waals surface area contributed by atoms with Crippen LogP contribution in [0.2, 0.25) is 0 Å². The normalized spacial score (nSPS) is 12.8. The molecule has 0 radical (unpaired) electrons. The predicted octanol–water partition coefficient (Wildman–Crippen LogP) is -0.922. The molecule has 0 saturated heterocycles. The number of carbonyl (C=O) groups is 1. The Labute approximate surface area is 103 Å². The number of aliphatic hydroxyl groups excluding tert-OH is 1. The molecular weight excluding hydrogens is 224 g/mol. The zero-order valence-corrected chi connectivity index (χ0v) is 10.9. The van der Waals surface area contributed by atoms with E-state index in [1.54, 1.807) is 7.11 Å². The maximum absolute atomic E-state index is 11.7. The van der Waals surface area contributed by atoms with Gasteiger partial charge >= 0.3 is 0 Å². The molecule has 102 valence electrons. The SMILES string of the molecule is COCCNC(=O)C(C)N(C)CCOCCO. The van der Waals surface area contributed by atoms with Gasteiger partial charge in [0.05, 0.1) is 32.5 Å². The third-order valence-corrected chi connectivity index (χ3v) is 2.47. The number of likely N-dealkylation sites (N-methyl/N-ethyl adjacent to an activating group) is 1. The van der Waals surface area contributed by atoms with Crippen molar-refractivity contribution in [2.24, 2.45) is 0 Å². The van der Waals surface area contributed by atoms with Gasteiger partial charge in [-0.2, -0.15) is 0 Å². The van der Waals surface area contributed by atoms with Crippen LogP contribution >= 0.6 is 0 Å². The Kier molecular flexibility index (Phi) is 10.0. The van der Waals surface area contributed by atoms with Crippen molar-refractivity contribution in [1.82, 2.24) is 10.2 Å². The lowest BCUT2D eigenvalue weighted by atomic mass is 10.3. The first-order valence-corrected chi connectivity index (χ1v) is 5.79. The van der Waals surface area contributed by atoms with Crippen LogP contribution in [0.15, 0.2) is 0 Å². The summed E-state index contributed by atoms with van der Waals surface area (Å²) in [6.45, 7) is 4.40. The lowest BCUT2D eigenvalue weighted by Gasteiger charge is -2.23. The van der Waals surface area contributed by atoms with Crippen LogP contribution in [-0.2, 0) is 14.3 Å². The first kappa shape index (κ1) is 16.3. The number of nitrogens with zero attached hydrogens (tertiary/aromatic N) is 1. The highest BCUT2D eigenvalue weighted by Gasteiger charge is 2.16. The maximum atomic E-state index is 11.7. The van der Waals surface area contributed by atoms with Crippen molar-refractivity contribution in [3.05, 3.63) is 0 Å². The van der Waals surface area contributed by atoms with Crippen LogP contribution in [0.4, 0.5) is 0 Å². The fourth-order valence-electron chi connectivity index (χ4n) is 1.19. The largest absolute Gasteiger partial charge is 0.394 e. The molecule has 1 unspecified atom stereocenters. The number of aliphatic hydroxyl groups is 1. The van der Waals surface area contributed by atoms with Crippen molar-refractivity contribution >= 4 is 5.91 Å². The van der Waals surface area contributed by atoms with Gasteiger partial charge in [0.2, 0.25) is 5.91 Å². The smallest absolute Gasteiger partial charge is 0.237 e. The number of amides is 1. The molecule has 0 aliphatic rings. The van der Waals surface area contributed by atoms with E-state index in [4.69, 9.17) is 14.6 Å². The summed E-state index contributed by atoms with van der Waals surface area (Å²) in [6, 6.07) is -0.204. The molecule has 0 aliphatic heterocycles. The van der Waals surface area contributed by atoms with Crippen LogP contribution in [-0.4, -0.2) is 75.6 Å². The highest BCUT2D eigenvalue weighted by Crippen LogP contribution is 1.95. The minimum atomic E-state index is -0.204. The van der Waals surface area contributed by atoms with Crippen LogP contribution in [0.1, 0.15) is 6.92 Å². The minimum Gasteiger partial charge on any atom is -0.394 e. The Morgan fingerprint density at radius 3 is 2.71 bits per heavy atom. The summed E-state index contributed by atoms with van der Waals surface area (Å²) in [4.78, 5) is 13.6. The van der Waals surface area contributed by atoms with Gasteiger partial charge in [0, 0.05) is 20.2 Å². The zero-order chi connectivity index (χ0) is 13.1. The van der Waals surface area contributed by atoms with Crippen molar-refractivity contribution in [2.45, 2.75) is 13.0 Å². The molecular formula is C11H24N2O4. The Morgan fingerprint density at radius 1 is 1.41 bits per heavy atom. The van der Waals surface area contributed by atoms with Crippen molar-refractivity contribution in [3.63, 3.8) is 0 Å². The lowest BCUT2D eigenvalue weighted by Crippen LogP contribution is -2.45. The summed E-state index contributed by atoms with van der Waals surface area (Å²) >= 11 is 0. The van der Waals surface area contributed by atoms with E-state index in [0.717, 1.165) is 0 Å². The van der Waals surface area contributed by atoms with Gasteiger partial charge in [-0.1, -0.05) is 0 Å². The summed E-state index contributed by atoms with van der Waals surface area (Å²) in [6.07, 6.45) is 0. The highest BCUT2D eigenvalue weighted by molar-refractivity contribution is 5.81. The van der Waals surface area contributed by atoms with Crippen LogP contribution in [0.5, 0.6) is 0 Å². The van der Waals surface area contributed by atoms with E-state index in [-0.39, 0.29) is 18.6 Å². The zero-order valence-electron chi connectivity index (χ0n) is 10.9. The average Bonchev–Trinajstić information content (AvgIpc) is 2.33. The standard InChI is InChI=1S/C11H24N2O4/c1-10(11(15)12-4-7-16-3)13(2)5-8-17-9-6-14/h10,14H,4-9H2,1-3H3,(H,12,15). The number of hydrogen-bond donors (Lipinski definition) is 2. The van der Waals surface area contributed by atoms with Gasteiger partial charge in [-0.05, 0) is 14.0 Å². The molecule has 0 bridgehead atoms. The highest BCUT2D eigenvalue weighted by atomic mass is 16.5. The summed E-state index contributed by atoms with van der Waals surface area (Å²) in [5.41, 5.74) is 0. The van der Waals surface area contributed by atoms with E-state index in [1.807, 2.05) is 18.9 Å². The van der Waals surface area contributed by atoms with Gasteiger partial charge in [-0.3, -0.25) is 9.69 Å². The Morgan fingerprint density at radius 2 is 2.12 bits per heavy atom.